The monoisotopic (exact) mass is 250 g/mol. The number of methoxy groups -OCH3 is 1. The summed E-state index contributed by atoms with van der Waals surface area (Å²) in [5.41, 5.74) is 2.24. The van der Waals surface area contributed by atoms with Crippen molar-refractivity contribution in [3.05, 3.63) is 17.5 Å². The highest BCUT2D eigenvalue weighted by Gasteiger charge is 2.20. The molecular weight excluding hydrogens is 228 g/mol. The molecule has 1 aliphatic rings. The Kier molecular flexibility index (Phi) is 4.49. The number of nitrogens with one attached hydrogen (secondary N) is 1. The SMILES string of the molecule is COCCN(C)c1ncc(CNC2CC2)c(C)n1. The molecule has 100 valence electrons. The first-order valence-electron chi connectivity index (χ1n) is 6.46. The van der Waals surface area contributed by atoms with Crippen molar-refractivity contribution in [3.8, 4) is 0 Å². The van der Waals surface area contributed by atoms with Crippen molar-refractivity contribution in [3.63, 3.8) is 0 Å². The molecule has 1 aliphatic carbocycles. The molecule has 5 heteroatoms. The zero-order valence-electron chi connectivity index (χ0n) is 11.4. The Morgan fingerprint density at radius 1 is 1.50 bits per heavy atom. The lowest BCUT2D eigenvalue weighted by molar-refractivity contribution is 0.206. The Hall–Kier alpha value is -1.20. The van der Waals surface area contributed by atoms with E-state index in [-0.39, 0.29) is 0 Å². The molecule has 1 aromatic heterocycles. The van der Waals surface area contributed by atoms with E-state index in [1.165, 1.54) is 18.4 Å². The Morgan fingerprint density at radius 2 is 2.28 bits per heavy atom. The van der Waals surface area contributed by atoms with Crippen LogP contribution in [-0.2, 0) is 11.3 Å². The maximum absolute atomic E-state index is 5.05. The van der Waals surface area contributed by atoms with E-state index in [1.807, 2.05) is 25.1 Å². The van der Waals surface area contributed by atoms with Crippen LogP contribution in [0.2, 0.25) is 0 Å². The van der Waals surface area contributed by atoms with Crippen LogP contribution in [0.1, 0.15) is 24.1 Å². The average molecular weight is 250 g/mol. The first-order chi connectivity index (χ1) is 8.70. The predicted octanol–water partition coefficient (Wildman–Crippen LogP) is 1.12. The van der Waals surface area contributed by atoms with E-state index in [9.17, 15) is 0 Å². The van der Waals surface area contributed by atoms with E-state index in [1.54, 1.807) is 7.11 Å². The van der Waals surface area contributed by atoms with Crippen LogP contribution < -0.4 is 10.2 Å². The topological polar surface area (TPSA) is 50.3 Å². The van der Waals surface area contributed by atoms with Gasteiger partial charge in [0.2, 0.25) is 5.95 Å². The summed E-state index contributed by atoms with van der Waals surface area (Å²) < 4.78 is 5.05. The molecule has 0 bridgehead atoms. The molecule has 1 N–H and O–H groups in total. The fourth-order valence-corrected chi connectivity index (χ4v) is 1.71. The number of aromatic nitrogens is 2. The Bertz CT molecular complexity index is 393. The normalized spacial score (nSPS) is 14.8. The van der Waals surface area contributed by atoms with Gasteiger partial charge in [-0.1, -0.05) is 0 Å². The minimum atomic E-state index is 0.684. The number of ether oxygens (including phenoxy) is 1. The van der Waals surface area contributed by atoms with Gasteiger partial charge in [-0.25, -0.2) is 9.97 Å². The minimum absolute atomic E-state index is 0.684. The van der Waals surface area contributed by atoms with Crippen LogP contribution in [0, 0.1) is 6.92 Å². The molecule has 0 radical (unpaired) electrons. The zero-order chi connectivity index (χ0) is 13.0. The molecule has 0 spiro atoms. The second-order valence-electron chi connectivity index (χ2n) is 4.85. The summed E-state index contributed by atoms with van der Waals surface area (Å²) in [6.45, 7) is 4.40. The van der Waals surface area contributed by atoms with Crippen molar-refractivity contribution in [1.82, 2.24) is 15.3 Å². The molecule has 1 aromatic rings. The van der Waals surface area contributed by atoms with Crippen molar-refractivity contribution < 1.29 is 4.74 Å². The van der Waals surface area contributed by atoms with Crippen molar-refractivity contribution in [2.75, 3.05) is 32.2 Å². The summed E-state index contributed by atoms with van der Waals surface area (Å²) in [4.78, 5) is 11.0. The lowest BCUT2D eigenvalue weighted by atomic mass is 10.2. The number of nitrogens with zero attached hydrogens (tertiary/aromatic N) is 3. The van der Waals surface area contributed by atoms with E-state index < -0.39 is 0 Å². The number of anilines is 1. The molecule has 0 aromatic carbocycles. The molecule has 5 nitrogen and oxygen atoms in total. The van der Waals surface area contributed by atoms with E-state index in [0.29, 0.717) is 12.6 Å². The largest absolute Gasteiger partial charge is 0.383 e. The smallest absolute Gasteiger partial charge is 0.225 e. The summed E-state index contributed by atoms with van der Waals surface area (Å²) in [5.74, 6) is 0.764. The lowest BCUT2D eigenvalue weighted by Gasteiger charge is -2.17. The summed E-state index contributed by atoms with van der Waals surface area (Å²) in [6, 6.07) is 0.716. The predicted molar refractivity (Wildman–Crippen MR) is 71.8 cm³/mol. The van der Waals surface area contributed by atoms with Crippen LogP contribution in [0.4, 0.5) is 5.95 Å². The molecule has 0 amide bonds. The number of likely N-dealkylation sites (N-methyl/N-ethyl adjacent to an activating group) is 1. The van der Waals surface area contributed by atoms with Crippen LogP contribution in [0.25, 0.3) is 0 Å². The highest BCUT2D eigenvalue weighted by Crippen LogP contribution is 2.19. The number of hydrogen-bond acceptors (Lipinski definition) is 5. The molecule has 1 heterocycles. The van der Waals surface area contributed by atoms with Gasteiger partial charge in [-0.15, -0.1) is 0 Å². The average Bonchev–Trinajstić information content (AvgIpc) is 3.18. The van der Waals surface area contributed by atoms with E-state index >= 15 is 0 Å². The van der Waals surface area contributed by atoms with Crippen LogP contribution >= 0.6 is 0 Å². The third-order valence-electron chi connectivity index (χ3n) is 3.20. The Morgan fingerprint density at radius 3 is 2.89 bits per heavy atom. The Labute approximate surface area is 109 Å². The second-order valence-corrected chi connectivity index (χ2v) is 4.85. The third-order valence-corrected chi connectivity index (χ3v) is 3.20. The van der Waals surface area contributed by atoms with Gasteiger partial charge in [0.05, 0.1) is 6.61 Å². The van der Waals surface area contributed by atoms with Gasteiger partial charge in [-0.05, 0) is 19.8 Å². The lowest BCUT2D eigenvalue weighted by Crippen LogP contribution is -2.25. The van der Waals surface area contributed by atoms with Gasteiger partial charge >= 0.3 is 0 Å². The summed E-state index contributed by atoms with van der Waals surface area (Å²) >= 11 is 0. The summed E-state index contributed by atoms with van der Waals surface area (Å²) in [7, 11) is 3.68. The second kappa shape index (κ2) is 6.11. The number of hydrogen-bond donors (Lipinski definition) is 1. The maximum atomic E-state index is 5.05. The van der Waals surface area contributed by atoms with Gasteiger partial charge in [0.15, 0.2) is 0 Å². The molecule has 0 atom stereocenters. The molecule has 1 saturated carbocycles. The first-order valence-corrected chi connectivity index (χ1v) is 6.46. The third kappa shape index (κ3) is 3.65. The highest BCUT2D eigenvalue weighted by atomic mass is 16.5. The molecular formula is C13H22N4O. The van der Waals surface area contributed by atoms with Gasteiger partial charge in [0.25, 0.3) is 0 Å². The molecule has 0 aliphatic heterocycles. The fourth-order valence-electron chi connectivity index (χ4n) is 1.71. The van der Waals surface area contributed by atoms with Crippen LogP contribution in [-0.4, -0.2) is 43.3 Å². The minimum Gasteiger partial charge on any atom is -0.383 e. The van der Waals surface area contributed by atoms with Gasteiger partial charge in [0.1, 0.15) is 0 Å². The van der Waals surface area contributed by atoms with Gasteiger partial charge in [0, 0.05) is 50.7 Å². The molecule has 2 rings (SSSR count). The van der Waals surface area contributed by atoms with E-state index in [4.69, 9.17) is 4.74 Å². The van der Waals surface area contributed by atoms with Gasteiger partial charge in [-0.2, -0.15) is 0 Å². The standard InChI is InChI=1S/C13H22N4O/c1-10-11(8-14-12-4-5-12)9-15-13(16-10)17(2)6-7-18-3/h9,12,14H,4-8H2,1-3H3. The fraction of sp³-hybridized carbons (Fsp3) is 0.692. The number of aryl methyl sites for hydroxylation is 1. The molecule has 1 fully saturated rings. The van der Waals surface area contributed by atoms with E-state index in [0.717, 1.165) is 24.7 Å². The van der Waals surface area contributed by atoms with Crippen LogP contribution in [0.3, 0.4) is 0 Å². The number of rotatable bonds is 7. The van der Waals surface area contributed by atoms with Crippen LogP contribution in [0.15, 0.2) is 6.20 Å². The van der Waals surface area contributed by atoms with Crippen molar-refractivity contribution in [2.24, 2.45) is 0 Å². The van der Waals surface area contributed by atoms with Crippen molar-refractivity contribution in [2.45, 2.75) is 32.4 Å². The Balaban J connectivity index is 1.94. The van der Waals surface area contributed by atoms with Crippen molar-refractivity contribution in [1.29, 1.82) is 0 Å². The van der Waals surface area contributed by atoms with E-state index in [2.05, 4.69) is 15.3 Å². The highest BCUT2D eigenvalue weighted by molar-refractivity contribution is 5.31. The molecule has 18 heavy (non-hydrogen) atoms. The van der Waals surface area contributed by atoms with Crippen LogP contribution in [0.5, 0.6) is 0 Å². The van der Waals surface area contributed by atoms with Crippen molar-refractivity contribution >= 4 is 5.95 Å². The zero-order valence-corrected chi connectivity index (χ0v) is 11.4. The molecule has 0 unspecified atom stereocenters. The van der Waals surface area contributed by atoms with Gasteiger partial charge < -0.3 is 15.0 Å². The quantitative estimate of drug-likeness (QED) is 0.786. The van der Waals surface area contributed by atoms with Gasteiger partial charge in [-0.3, -0.25) is 0 Å². The maximum Gasteiger partial charge on any atom is 0.225 e. The summed E-state index contributed by atoms with van der Waals surface area (Å²) in [5, 5.41) is 3.48. The molecule has 0 saturated heterocycles. The first kappa shape index (κ1) is 13.2. The summed E-state index contributed by atoms with van der Waals surface area (Å²) in [6.07, 6.45) is 4.53.